The van der Waals surface area contributed by atoms with E-state index in [2.05, 4.69) is 10.0 Å². The fourth-order valence-corrected chi connectivity index (χ4v) is 1.67. The fourth-order valence-electron chi connectivity index (χ4n) is 1.67. The minimum Gasteiger partial charge on any atom is -0.481 e. The number of azide groups is 1. The van der Waals surface area contributed by atoms with Crippen LogP contribution in [0.15, 0.2) is 23.3 Å². The minimum absolute atomic E-state index is 0.228. The van der Waals surface area contributed by atoms with Crippen LogP contribution in [-0.4, -0.2) is 29.8 Å². The Morgan fingerprint density at radius 1 is 1.36 bits per heavy atom. The van der Waals surface area contributed by atoms with Crippen molar-refractivity contribution in [3.05, 3.63) is 34.2 Å². The number of ether oxygens (including phenoxy) is 1. The van der Waals surface area contributed by atoms with Crippen molar-refractivity contribution in [2.75, 3.05) is 11.9 Å². The van der Waals surface area contributed by atoms with E-state index < -0.39 is 17.7 Å². The highest BCUT2D eigenvalue weighted by Crippen LogP contribution is 2.25. The van der Waals surface area contributed by atoms with Gasteiger partial charge in [-0.1, -0.05) is 5.11 Å². The maximum Gasteiger partial charge on any atom is 0.414 e. The van der Waals surface area contributed by atoms with Crippen LogP contribution < -0.4 is 4.90 Å². The van der Waals surface area contributed by atoms with Gasteiger partial charge in [-0.2, -0.15) is 0 Å². The van der Waals surface area contributed by atoms with Crippen molar-refractivity contribution in [3.8, 4) is 0 Å². The Balaban J connectivity index is 3.15. The molecule has 1 aromatic rings. The van der Waals surface area contributed by atoms with Crippen molar-refractivity contribution in [1.82, 2.24) is 0 Å². The zero-order chi connectivity index (χ0) is 16.9. The maximum absolute atomic E-state index is 12.0. The van der Waals surface area contributed by atoms with E-state index in [0.717, 1.165) is 0 Å². The average molecular weight is 306 g/mol. The number of anilines is 1. The van der Waals surface area contributed by atoms with E-state index in [4.69, 9.17) is 15.4 Å². The van der Waals surface area contributed by atoms with Crippen LogP contribution in [-0.2, 0) is 16.0 Å². The molecular formula is C14H18N4O4. The lowest BCUT2D eigenvalue weighted by Crippen LogP contribution is -2.34. The van der Waals surface area contributed by atoms with Gasteiger partial charge < -0.3 is 9.84 Å². The molecule has 0 aliphatic heterocycles. The predicted molar refractivity (Wildman–Crippen MR) is 81.2 cm³/mol. The monoisotopic (exact) mass is 306 g/mol. The summed E-state index contributed by atoms with van der Waals surface area (Å²) in [6, 6.07) is 4.48. The number of carboxylic acid groups (broad SMARTS) is 1. The number of amides is 1. The fraction of sp³-hybridized carbons (Fsp3) is 0.429. The van der Waals surface area contributed by atoms with Crippen LogP contribution in [0.2, 0.25) is 0 Å². The van der Waals surface area contributed by atoms with Gasteiger partial charge in [0.25, 0.3) is 0 Å². The van der Waals surface area contributed by atoms with Crippen molar-refractivity contribution >= 4 is 23.4 Å². The Bertz CT molecular complexity index is 630. The molecule has 0 aromatic heterocycles. The molecule has 1 amide bonds. The van der Waals surface area contributed by atoms with E-state index in [1.165, 1.54) is 30.1 Å². The normalized spacial score (nSPS) is 10.5. The summed E-state index contributed by atoms with van der Waals surface area (Å²) >= 11 is 0. The molecule has 0 aliphatic carbocycles. The number of hydrogen-bond acceptors (Lipinski definition) is 4. The summed E-state index contributed by atoms with van der Waals surface area (Å²) in [4.78, 5) is 26.8. The molecule has 0 heterocycles. The second kappa shape index (κ2) is 6.82. The van der Waals surface area contributed by atoms with Crippen LogP contribution in [0.1, 0.15) is 26.3 Å². The zero-order valence-corrected chi connectivity index (χ0v) is 12.9. The molecule has 0 spiro atoms. The maximum atomic E-state index is 12.0. The molecule has 1 aromatic carbocycles. The molecular weight excluding hydrogens is 288 g/mol. The quantitative estimate of drug-likeness (QED) is 0.519. The first-order valence-electron chi connectivity index (χ1n) is 6.50. The topological polar surface area (TPSA) is 116 Å². The van der Waals surface area contributed by atoms with Gasteiger partial charge in [-0.05, 0) is 50.1 Å². The van der Waals surface area contributed by atoms with Crippen molar-refractivity contribution < 1.29 is 19.4 Å². The zero-order valence-electron chi connectivity index (χ0n) is 12.9. The number of benzene rings is 1. The van der Waals surface area contributed by atoms with Gasteiger partial charge in [-0.25, -0.2) is 4.79 Å². The summed E-state index contributed by atoms with van der Waals surface area (Å²) < 4.78 is 5.24. The first-order chi connectivity index (χ1) is 10.1. The van der Waals surface area contributed by atoms with Crippen LogP contribution in [0.3, 0.4) is 0 Å². The number of aliphatic carboxylic acids is 1. The lowest BCUT2D eigenvalue weighted by Gasteiger charge is -2.25. The summed E-state index contributed by atoms with van der Waals surface area (Å²) in [7, 11) is 1.49. The molecule has 1 N–H and O–H groups in total. The molecule has 118 valence electrons. The highest BCUT2D eigenvalue weighted by atomic mass is 16.6. The molecule has 0 bridgehead atoms. The number of carbonyl (C=O) groups excluding carboxylic acids is 1. The van der Waals surface area contributed by atoms with Crippen molar-refractivity contribution in [1.29, 1.82) is 0 Å². The predicted octanol–water partition coefficient (Wildman–Crippen LogP) is 3.63. The van der Waals surface area contributed by atoms with Crippen molar-refractivity contribution in [2.45, 2.75) is 32.8 Å². The van der Waals surface area contributed by atoms with E-state index in [-0.39, 0.29) is 12.1 Å². The summed E-state index contributed by atoms with van der Waals surface area (Å²) in [5.74, 6) is -1.02. The Hall–Kier alpha value is -2.73. The van der Waals surface area contributed by atoms with Crippen LogP contribution in [0.4, 0.5) is 16.2 Å². The third-order valence-corrected chi connectivity index (χ3v) is 2.53. The minimum atomic E-state index is -1.02. The second-order valence-electron chi connectivity index (χ2n) is 5.66. The summed E-state index contributed by atoms with van der Waals surface area (Å²) in [5, 5.41) is 12.3. The average Bonchev–Trinajstić information content (AvgIpc) is 2.35. The summed E-state index contributed by atoms with van der Waals surface area (Å²) in [6.07, 6.45) is -0.837. The molecule has 0 unspecified atom stereocenters. The number of hydrogen-bond donors (Lipinski definition) is 1. The SMILES string of the molecule is CN(C(=O)OC(C)(C)C)c1cc(CC(=O)O)cc(N=[N+]=[N-])c1. The largest absolute Gasteiger partial charge is 0.481 e. The first kappa shape index (κ1) is 17.3. The van der Waals surface area contributed by atoms with E-state index >= 15 is 0 Å². The Morgan fingerprint density at radius 2 is 2.00 bits per heavy atom. The van der Waals surface area contributed by atoms with Gasteiger partial charge in [0, 0.05) is 23.3 Å². The molecule has 0 radical (unpaired) electrons. The van der Waals surface area contributed by atoms with E-state index in [1.54, 1.807) is 20.8 Å². The Labute approximate surface area is 127 Å². The van der Waals surface area contributed by atoms with E-state index in [9.17, 15) is 9.59 Å². The van der Waals surface area contributed by atoms with E-state index in [0.29, 0.717) is 11.3 Å². The third-order valence-electron chi connectivity index (χ3n) is 2.53. The van der Waals surface area contributed by atoms with Gasteiger partial charge in [-0.3, -0.25) is 9.69 Å². The smallest absolute Gasteiger partial charge is 0.414 e. The Morgan fingerprint density at radius 3 is 2.50 bits per heavy atom. The molecule has 0 aliphatic rings. The summed E-state index contributed by atoms with van der Waals surface area (Å²) in [6.45, 7) is 5.22. The van der Waals surface area contributed by atoms with Gasteiger partial charge in [0.2, 0.25) is 0 Å². The standard InChI is InChI=1S/C14H18N4O4/c1-14(2,3)22-13(21)18(4)11-6-9(7-12(19)20)5-10(8-11)16-17-15/h5-6,8H,7H2,1-4H3,(H,19,20). The van der Waals surface area contributed by atoms with Gasteiger partial charge in [0.15, 0.2) is 0 Å². The molecule has 0 fully saturated rings. The molecule has 0 atom stereocenters. The van der Waals surface area contributed by atoms with Crippen molar-refractivity contribution in [3.63, 3.8) is 0 Å². The lowest BCUT2D eigenvalue weighted by molar-refractivity contribution is -0.136. The first-order valence-corrected chi connectivity index (χ1v) is 6.50. The molecule has 1 rings (SSSR count). The summed E-state index contributed by atoms with van der Waals surface area (Å²) in [5.41, 5.74) is 8.90. The second-order valence-corrected chi connectivity index (χ2v) is 5.66. The van der Waals surface area contributed by atoms with Crippen LogP contribution in [0.5, 0.6) is 0 Å². The van der Waals surface area contributed by atoms with Gasteiger partial charge >= 0.3 is 12.1 Å². The van der Waals surface area contributed by atoms with E-state index in [1.807, 2.05) is 0 Å². The van der Waals surface area contributed by atoms with Crippen LogP contribution in [0.25, 0.3) is 10.4 Å². The van der Waals surface area contributed by atoms with Gasteiger partial charge in [0.05, 0.1) is 6.42 Å². The number of carbonyl (C=O) groups is 2. The molecule has 0 saturated carbocycles. The van der Waals surface area contributed by atoms with Crippen molar-refractivity contribution in [2.24, 2.45) is 5.11 Å². The Kier molecular flexibility index (Phi) is 5.37. The van der Waals surface area contributed by atoms with Crippen LogP contribution >= 0.6 is 0 Å². The molecule has 8 heteroatoms. The highest BCUT2D eigenvalue weighted by Gasteiger charge is 2.21. The highest BCUT2D eigenvalue weighted by molar-refractivity contribution is 5.88. The lowest BCUT2D eigenvalue weighted by atomic mass is 10.1. The molecule has 0 saturated heterocycles. The number of nitrogens with zero attached hydrogens (tertiary/aromatic N) is 4. The van der Waals surface area contributed by atoms with Gasteiger partial charge in [-0.15, -0.1) is 0 Å². The van der Waals surface area contributed by atoms with Gasteiger partial charge in [0.1, 0.15) is 5.60 Å². The number of rotatable bonds is 4. The van der Waals surface area contributed by atoms with Crippen LogP contribution in [0, 0.1) is 0 Å². The third kappa shape index (κ3) is 5.34. The number of carboxylic acids is 1. The molecule has 8 nitrogen and oxygen atoms in total. The molecule has 22 heavy (non-hydrogen) atoms.